The van der Waals surface area contributed by atoms with Crippen LogP contribution in [0.5, 0.6) is 0 Å². The number of benzene rings is 3. The molecule has 3 rings (SSSR count). The Hall–Kier alpha value is -2.26. The number of fused-ring (bicyclic) bond motifs is 2. The number of hydrogen-bond donors (Lipinski definition) is 0. The fourth-order valence-corrected chi connectivity index (χ4v) is 2.61. The Bertz CT molecular complexity index is 741. The van der Waals surface area contributed by atoms with Crippen LogP contribution in [0.4, 0.5) is 0 Å². The van der Waals surface area contributed by atoms with E-state index in [9.17, 15) is 0 Å². The first-order valence-electron chi connectivity index (χ1n) is 6.15. The summed E-state index contributed by atoms with van der Waals surface area (Å²) in [6.45, 7) is 4.08. The van der Waals surface area contributed by atoms with Crippen molar-refractivity contribution in [1.29, 1.82) is 0 Å². The molecule has 0 aliphatic rings. The van der Waals surface area contributed by atoms with Crippen molar-refractivity contribution >= 4 is 21.5 Å². The van der Waals surface area contributed by atoms with Crippen LogP contribution in [0, 0.1) is 18.8 Å². The van der Waals surface area contributed by atoms with Crippen molar-refractivity contribution < 1.29 is 0 Å². The molecule has 0 aliphatic carbocycles. The van der Waals surface area contributed by atoms with Gasteiger partial charge < -0.3 is 0 Å². The third-order valence-electron chi connectivity index (χ3n) is 3.45. The highest BCUT2D eigenvalue weighted by molar-refractivity contribution is 6.07. The van der Waals surface area contributed by atoms with E-state index in [2.05, 4.69) is 67.3 Å². The summed E-state index contributed by atoms with van der Waals surface area (Å²) < 4.78 is 0. The average Bonchev–Trinajstić information content (AvgIpc) is 2.43. The Morgan fingerprint density at radius 2 is 1.17 bits per heavy atom. The molecule has 86 valence electrons. The number of rotatable bonds is 0. The molecule has 0 bridgehead atoms. The maximum absolute atomic E-state index is 3.27. The third kappa shape index (κ3) is 1.49. The van der Waals surface area contributed by atoms with Gasteiger partial charge in [0.2, 0.25) is 0 Å². The molecule has 3 aromatic carbocycles. The van der Waals surface area contributed by atoms with Gasteiger partial charge in [-0.25, -0.2) is 0 Å². The van der Waals surface area contributed by atoms with Crippen LogP contribution in [-0.4, -0.2) is 0 Å². The Balaban J connectivity index is 2.65. The predicted molar refractivity (Wildman–Crippen MR) is 78.7 cm³/mol. The van der Waals surface area contributed by atoms with Gasteiger partial charge in [0.25, 0.3) is 0 Å². The molecule has 0 fully saturated rings. The predicted octanol–water partition coefficient (Wildman–Crippen LogP) is 4.67. The summed E-state index contributed by atoms with van der Waals surface area (Å²) >= 11 is 0. The van der Waals surface area contributed by atoms with Gasteiger partial charge in [-0.3, -0.25) is 0 Å². The number of aryl methyl sites for hydroxylation is 1. The molecule has 0 heterocycles. The second-order valence-electron chi connectivity index (χ2n) is 4.47. The zero-order chi connectivity index (χ0) is 12.5. The Morgan fingerprint density at radius 1 is 0.722 bits per heavy atom. The van der Waals surface area contributed by atoms with Crippen molar-refractivity contribution in [3.05, 3.63) is 59.7 Å². The molecule has 0 spiro atoms. The highest BCUT2D eigenvalue weighted by atomic mass is 14.1. The summed E-state index contributed by atoms with van der Waals surface area (Å²) in [5.41, 5.74) is 2.48. The van der Waals surface area contributed by atoms with Gasteiger partial charge in [-0.05, 0) is 41.0 Å². The summed E-state index contributed by atoms with van der Waals surface area (Å²) in [7, 11) is 0. The smallest absolute Gasteiger partial charge is 0.0402 e. The first kappa shape index (κ1) is 10.9. The molecule has 0 atom stereocenters. The molecule has 0 aromatic heterocycles. The molecule has 0 nitrogen and oxygen atoms in total. The maximum Gasteiger partial charge on any atom is 0.0402 e. The van der Waals surface area contributed by atoms with Crippen LogP contribution in [0.25, 0.3) is 21.5 Å². The molecule has 0 heteroatoms. The van der Waals surface area contributed by atoms with Crippen LogP contribution in [0.15, 0.2) is 48.5 Å². The lowest BCUT2D eigenvalue weighted by molar-refractivity contribution is 1.57. The quantitative estimate of drug-likeness (QED) is 0.389. The van der Waals surface area contributed by atoms with Crippen molar-refractivity contribution in [1.82, 2.24) is 0 Å². The maximum atomic E-state index is 3.27. The lowest BCUT2D eigenvalue weighted by atomic mass is 9.93. The van der Waals surface area contributed by atoms with Crippen molar-refractivity contribution in [2.45, 2.75) is 13.8 Å². The first-order chi connectivity index (χ1) is 8.83. The summed E-state index contributed by atoms with van der Waals surface area (Å²) in [6, 6.07) is 17.0. The van der Waals surface area contributed by atoms with E-state index in [4.69, 9.17) is 0 Å². The molecular weight excluding hydrogens is 216 g/mol. The summed E-state index contributed by atoms with van der Waals surface area (Å²) in [5, 5.41) is 5.11. The van der Waals surface area contributed by atoms with E-state index in [-0.39, 0.29) is 0 Å². The molecule has 0 radical (unpaired) electrons. The second kappa shape index (κ2) is 4.20. The molecule has 0 saturated heterocycles. The molecule has 18 heavy (non-hydrogen) atoms. The van der Waals surface area contributed by atoms with E-state index in [1.807, 2.05) is 6.92 Å². The molecular formula is C18H14. The van der Waals surface area contributed by atoms with E-state index in [0.717, 1.165) is 5.56 Å². The summed E-state index contributed by atoms with van der Waals surface area (Å²) in [5.74, 6) is 6.31. The van der Waals surface area contributed by atoms with Gasteiger partial charge >= 0.3 is 0 Å². The van der Waals surface area contributed by atoms with E-state index < -0.39 is 0 Å². The zero-order valence-corrected chi connectivity index (χ0v) is 10.6. The van der Waals surface area contributed by atoms with Gasteiger partial charge in [-0.15, -0.1) is 5.92 Å². The second-order valence-corrected chi connectivity index (χ2v) is 4.47. The SMILES string of the molecule is CC#Cc1c2ccccc2c(C)c2ccccc12. The van der Waals surface area contributed by atoms with Crippen LogP contribution in [-0.2, 0) is 0 Å². The Kier molecular flexibility index (Phi) is 2.54. The molecule has 3 aromatic rings. The monoisotopic (exact) mass is 230 g/mol. The van der Waals surface area contributed by atoms with Crippen LogP contribution in [0.2, 0.25) is 0 Å². The Morgan fingerprint density at radius 3 is 1.61 bits per heavy atom. The minimum atomic E-state index is 1.15. The lowest BCUT2D eigenvalue weighted by Crippen LogP contribution is -1.88. The molecule has 0 aliphatic heterocycles. The van der Waals surface area contributed by atoms with Crippen LogP contribution in [0.3, 0.4) is 0 Å². The minimum Gasteiger partial charge on any atom is -0.101 e. The van der Waals surface area contributed by atoms with E-state index >= 15 is 0 Å². The summed E-state index contributed by atoms with van der Waals surface area (Å²) in [4.78, 5) is 0. The molecule has 0 amide bonds. The van der Waals surface area contributed by atoms with Crippen LogP contribution >= 0.6 is 0 Å². The highest BCUT2D eigenvalue weighted by Crippen LogP contribution is 2.31. The van der Waals surface area contributed by atoms with Gasteiger partial charge in [0.15, 0.2) is 0 Å². The molecule has 0 unspecified atom stereocenters. The van der Waals surface area contributed by atoms with Gasteiger partial charge in [0.05, 0.1) is 0 Å². The largest absolute Gasteiger partial charge is 0.101 e. The Labute approximate surface area is 107 Å². The summed E-state index contributed by atoms with van der Waals surface area (Å²) in [6.07, 6.45) is 0. The van der Waals surface area contributed by atoms with Crippen molar-refractivity contribution in [2.24, 2.45) is 0 Å². The van der Waals surface area contributed by atoms with Crippen molar-refractivity contribution in [3.63, 3.8) is 0 Å². The zero-order valence-electron chi connectivity index (χ0n) is 10.6. The fourth-order valence-electron chi connectivity index (χ4n) is 2.61. The standard InChI is InChI=1S/C18H14/c1-3-8-16-17-11-6-4-9-14(17)13(2)15-10-5-7-12-18(15)16/h4-7,9-12H,1-2H3. The van der Waals surface area contributed by atoms with E-state index in [0.29, 0.717) is 0 Å². The highest BCUT2D eigenvalue weighted by Gasteiger charge is 2.08. The van der Waals surface area contributed by atoms with Gasteiger partial charge in [0.1, 0.15) is 0 Å². The van der Waals surface area contributed by atoms with Gasteiger partial charge in [-0.1, -0.05) is 54.5 Å². The van der Waals surface area contributed by atoms with Gasteiger partial charge in [0, 0.05) is 5.56 Å². The van der Waals surface area contributed by atoms with Gasteiger partial charge in [-0.2, -0.15) is 0 Å². The number of hydrogen-bond acceptors (Lipinski definition) is 0. The topological polar surface area (TPSA) is 0 Å². The first-order valence-corrected chi connectivity index (χ1v) is 6.15. The lowest BCUT2D eigenvalue weighted by Gasteiger charge is -2.10. The molecule has 0 saturated carbocycles. The molecule has 0 N–H and O–H groups in total. The normalized spacial score (nSPS) is 10.3. The van der Waals surface area contributed by atoms with Crippen LogP contribution in [0.1, 0.15) is 18.1 Å². The van der Waals surface area contributed by atoms with Crippen molar-refractivity contribution in [2.75, 3.05) is 0 Å². The van der Waals surface area contributed by atoms with E-state index in [1.165, 1.54) is 27.1 Å². The third-order valence-corrected chi connectivity index (χ3v) is 3.45. The van der Waals surface area contributed by atoms with Crippen LogP contribution < -0.4 is 0 Å². The minimum absolute atomic E-state index is 1.15. The average molecular weight is 230 g/mol. The van der Waals surface area contributed by atoms with Crippen molar-refractivity contribution in [3.8, 4) is 11.8 Å². The van der Waals surface area contributed by atoms with E-state index in [1.54, 1.807) is 0 Å². The fraction of sp³-hybridized carbons (Fsp3) is 0.111.